The molecule has 0 radical (unpaired) electrons. The third-order valence-corrected chi connectivity index (χ3v) is 4.52. The van der Waals surface area contributed by atoms with Gasteiger partial charge in [-0.3, -0.25) is 4.79 Å². The number of amides is 2. The van der Waals surface area contributed by atoms with E-state index in [4.69, 9.17) is 9.47 Å². The summed E-state index contributed by atoms with van der Waals surface area (Å²) in [5.41, 5.74) is 2.17. The summed E-state index contributed by atoms with van der Waals surface area (Å²) in [5, 5.41) is 0. The van der Waals surface area contributed by atoms with Crippen LogP contribution in [-0.2, 0) is 4.79 Å². The van der Waals surface area contributed by atoms with Crippen LogP contribution < -0.4 is 9.47 Å². The number of carbonyl (C=O) groups excluding carboxylic acids is 2. The van der Waals surface area contributed by atoms with E-state index in [9.17, 15) is 9.59 Å². The van der Waals surface area contributed by atoms with E-state index in [1.54, 1.807) is 21.9 Å². The Bertz CT molecular complexity index is 799. The molecule has 0 N–H and O–H groups in total. The summed E-state index contributed by atoms with van der Waals surface area (Å²) in [7, 11) is 0. The minimum Gasteiger partial charge on any atom is -0.484 e. The van der Waals surface area contributed by atoms with Gasteiger partial charge < -0.3 is 19.3 Å². The van der Waals surface area contributed by atoms with E-state index in [2.05, 4.69) is 0 Å². The highest BCUT2D eigenvalue weighted by atomic mass is 16.6. The van der Waals surface area contributed by atoms with E-state index in [1.807, 2.05) is 50.2 Å². The molecule has 27 heavy (non-hydrogen) atoms. The number of ether oxygens (including phenoxy) is 2. The third kappa shape index (κ3) is 5.00. The van der Waals surface area contributed by atoms with Gasteiger partial charge in [-0.2, -0.15) is 0 Å². The van der Waals surface area contributed by atoms with Crippen LogP contribution in [0.3, 0.4) is 0 Å². The number of hydrogen-bond acceptors (Lipinski definition) is 4. The highest BCUT2D eigenvalue weighted by Crippen LogP contribution is 2.19. The van der Waals surface area contributed by atoms with Crippen molar-refractivity contribution in [2.24, 2.45) is 0 Å². The van der Waals surface area contributed by atoms with Crippen LogP contribution in [0.2, 0.25) is 0 Å². The van der Waals surface area contributed by atoms with Crippen LogP contribution in [-0.4, -0.2) is 54.6 Å². The van der Waals surface area contributed by atoms with Crippen molar-refractivity contribution in [2.75, 3.05) is 32.8 Å². The second kappa shape index (κ2) is 8.58. The lowest BCUT2D eigenvalue weighted by molar-refractivity contribution is -0.134. The Hall–Kier alpha value is -3.02. The highest BCUT2D eigenvalue weighted by Gasteiger charge is 2.25. The van der Waals surface area contributed by atoms with Crippen LogP contribution in [0.15, 0.2) is 48.5 Å². The first-order valence-electron chi connectivity index (χ1n) is 9.02. The summed E-state index contributed by atoms with van der Waals surface area (Å²) in [6.45, 7) is 5.81. The largest absolute Gasteiger partial charge is 0.484 e. The van der Waals surface area contributed by atoms with Crippen LogP contribution in [0.5, 0.6) is 11.5 Å². The van der Waals surface area contributed by atoms with Gasteiger partial charge in [-0.15, -0.1) is 0 Å². The summed E-state index contributed by atoms with van der Waals surface area (Å²) in [6.07, 6.45) is -0.389. The van der Waals surface area contributed by atoms with Crippen molar-refractivity contribution in [3.63, 3.8) is 0 Å². The molecule has 1 saturated heterocycles. The molecule has 0 atom stereocenters. The topological polar surface area (TPSA) is 59.1 Å². The zero-order valence-electron chi connectivity index (χ0n) is 15.7. The van der Waals surface area contributed by atoms with E-state index in [0.29, 0.717) is 31.9 Å². The Balaban J connectivity index is 1.45. The molecular formula is C21H24N2O4. The van der Waals surface area contributed by atoms with Crippen molar-refractivity contribution < 1.29 is 19.1 Å². The summed E-state index contributed by atoms with van der Waals surface area (Å²) < 4.78 is 11.0. The van der Waals surface area contributed by atoms with Crippen LogP contribution in [0.25, 0.3) is 0 Å². The molecule has 0 spiro atoms. The zero-order valence-corrected chi connectivity index (χ0v) is 15.7. The quantitative estimate of drug-likeness (QED) is 0.832. The normalized spacial score (nSPS) is 14.0. The second-order valence-corrected chi connectivity index (χ2v) is 6.61. The van der Waals surface area contributed by atoms with E-state index < -0.39 is 0 Å². The van der Waals surface area contributed by atoms with Crippen LogP contribution >= 0.6 is 0 Å². The lowest BCUT2D eigenvalue weighted by atomic mass is 10.1. The van der Waals surface area contributed by atoms with Crippen LogP contribution in [0, 0.1) is 13.8 Å². The Morgan fingerprint density at radius 2 is 1.59 bits per heavy atom. The fourth-order valence-corrected chi connectivity index (χ4v) is 2.98. The molecule has 6 heteroatoms. The first-order valence-corrected chi connectivity index (χ1v) is 9.02. The number of piperazine rings is 1. The van der Waals surface area contributed by atoms with Crippen molar-refractivity contribution in [3.8, 4) is 11.5 Å². The van der Waals surface area contributed by atoms with Crippen LogP contribution in [0.4, 0.5) is 4.79 Å². The fraction of sp³-hybridized carbons (Fsp3) is 0.333. The molecule has 1 heterocycles. The Labute approximate surface area is 159 Å². The van der Waals surface area contributed by atoms with Gasteiger partial charge in [-0.05, 0) is 37.6 Å². The molecule has 1 fully saturated rings. The van der Waals surface area contributed by atoms with Gasteiger partial charge in [-0.25, -0.2) is 4.79 Å². The second-order valence-electron chi connectivity index (χ2n) is 6.61. The number of aryl methyl sites for hydroxylation is 2. The summed E-state index contributed by atoms with van der Waals surface area (Å²) in [5.74, 6) is 1.16. The SMILES string of the molecule is Cc1ccc(OCC(=O)N2CCN(C(=O)Oc3ccccc3)CC2)c(C)c1. The van der Waals surface area contributed by atoms with Gasteiger partial charge in [0.2, 0.25) is 0 Å². The molecule has 0 aromatic heterocycles. The van der Waals surface area contributed by atoms with Gasteiger partial charge in [-0.1, -0.05) is 35.9 Å². The molecule has 0 saturated carbocycles. The minimum absolute atomic E-state index is 0.00162. The van der Waals surface area contributed by atoms with Gasteiger partial charge in [0.1, 0.15) is 11.5 Å². The standard InChI is InChI=1S/C21H24N2O4/c1-16-8-9-19(17(2)14-16)26-15-20(24)22-10-12-23(13-11-22)21(25)27-18-6-4-3-5-7-18/h3-9,14H,10-13,15H2,1-2H3. The molecule has 2 aromatic carbocycles. The van der Waals surface area contributed by atoms with Gasteiger partial charge >= 0.3 is 6.09 Å². The number of nitrogens with zero attached hydrogens (tertiary/aromatic N) is 2. The third-order valence-electron chi connectivity index (χ3n) is 4.52. The van der Waals surface area contributed by atoms with Gasteiger partial charge in [0.05, 0.1) is 0 Å². The van der Waals surface area contributed by atoms with Crippen molar-refractivity contribution in [1.29, 1.82) is 0 Å². The number of para-hydroxylation sites is 1. The fourth-order valence-electron chi connectivity index (χ4n) is 2.98. The number of benzene rings is 2. The molecule has 3 rings (SSSR count). The maximum absolute atomic E-state index is 12.4. The van der Waals surface area contributed by atoms with E-state index in [1.165, 1.54) is 0 Å². The number of carbonyl (C=O) groups is 2. The average Bonchev–Trinajstić information content (AvgIpc) is 2.68. The molecule has 6 nitrogen and oxygen atoms in total. The van der Waals surface area contributed by atoms with Crippen molar-refractivity contribution in [2.45, 2.75) is 13.8 Å². The smallest absolute Gasteiger partial charge is 0.415 e. The Morgan fingerprint density at radius 3 is 2.26 bits per heavy atom. The van der Waals surface area contributed by atoms with E-state index in [0.717, 1.165) is 16.9 Å². The number of hydrogen-bond donors (Lipinski definition) is 0. The zero-order chi connectivity index (χ0) is 19.2. The maximum Gasteiger partial charge on any atom is 0.415 e. The monoisotopic (exact) mass is 368 g/mol. The first-order chi connectivity index (χ1) is 13.0. The Kier molecular flexibility index (Phi) is 5.96. The molecule has 2 aromatic rings. The predicted octanol–water partition coefficient (Wildman–Crippen LogP) is 3.03. The average molecular weight is 368 g/mol. The van der Waals surface area contributed by atoms with Gasteiger partial charge in [0, 0.05) is 26.2 Å². The Morgan fingerprint density at radius 1 is 0.926 bits per heavy atom. The van der Waals surface area contributed by atoms with E-state index >= 15 is 0 Å². The molecular weight excluding hydrogens is 344 g/mol. The highest BCUT2D eigenvalue weighted by molar-refractivity contribution is 5.78. The van der Waals surface area contributed by atoms with Gasteiger partial charge in [0.25, 0.3) is 5.91 Å². The molecule has 0 bridgehead atoms. The van der Waals surface area contributed by atoms with E-state index in [-0.39, 0.29) is 18.6 Å². The van der Waals surface area contributed by atoms with Crippen molar-refractivity contribution in [1.82, 2.24) is 9.80 Å². The van der Waals surface area contributed by atoms with Crippen molar-refractivity contribution in [3.05, 3.63) is 59.7 Å². The van der Waals surface area contributed by atoms with Crippen LogP contribution in [0.1, 0.15) is 11.1 Å². The molecule has 2 amide bonds. The maximum atomic E-state index is 12.4. The lowest BCUT2D eigenvalue weighted by Crippen LogP contribution is -2.52. The minimum atomic E-state index is -0.389. The molecule has 1 aliphatic heterocycles. The predicted molar refractivity (Wildman–Crippen MR) is 102 cm³/mol. The summed E-state index contributed by atoms with van der Waals surface area (Å²) in [6, 6.07) is 14.8. The molecule has 0 aliphatic carbocycles. The molecule has 142 valence electrons. The summed E-state index contributed by atoms with van der Waals surface area (Å²) in [4.78, 5) is 27.9. The first kappa shape index (κ1) is 18.8. The molecule has 0 unspecified atom stereocenters. The number of rotatable bonds is 4. The van der Waals surface area contributed by atoms with Crippen molar-refractivity contribution >= 4 is 12.0 Å². The summed E-state index contributed by atoms with van der Waals surface area (Å²) >= 11 is 0. The lowest BCUT2D eigenvalue weighted by Gasteiger charge is -2.34. The molecule has 1 aliphatic rings. The van der Waals surface area contributed by atoms with Gasteiger partial charge in [0.15, 0.2) is 6.61 Å².